The van der Waals surface area contributed by atoms with E-state index in [1.165, 1.54) is 11.0 Å². The van der Waals surface area contributed by atoms with Gasteiger partial charge in [-0.1, -0.05) is 61.5 Å². The molecule has 0 bridgehead atoms. The number of amides is 2. The summed E-state index contributed by atoms with van der Waals surface area (Å²) in [4.78, 5) is 40.7. The largest absolute Gasteiger partial charge is 0.396 e. The Hall–Kier alpha value is -4.35. The standard InChI is InChI=1S/C35H45N7O4S/c1-6-35(3,36)17-9-14-30(44)41(4)29(20-24-15-16-25-11-7-8-12-26(25)19-24)33(45)42(5)28(21-27-13-10-18-47-27)31-32(46-40-39-37)34(2,23-43)22-38-31/h7-16,18-19,28-29,38,43H,6,17,20-23,36H2,1-5H3/b14-9+/t28?,29-,34?,35?/m1/s1. The molecule has 0 fully saturated rings. The summed E-state index contributed by atoms with van der Waals surface area (Å²) in [5, 5.41) is 21.0. The molecule has 2 heterocycles. The lowest BCUT2D eigenvalue weighted by Crippen LogP contribution is -2.53. The lowest BCUT2D eigenvalue weighted by atomic mass is 9.90. The van der Waals surface area contributed by atoms with E-state index in [1.807, 2.05) is 73.8 Å². The number of thiophene rings is 1. The number of fused-ring (bicyclic) bond motifs is 1. The summed E-state index contributed by atoms with van der Waals surface area (Å²) in [6, 6.07) is 16.6. The third kappa shape index (κ3) is 8.52. The summed E-state index contributed by atoms with van der Waals surface area (Å²) >= 11 is 1.56. The monoisotopic (exact) mass is 659 g/mol. The number of benzene rings is 2. The Labute approximate surface area is 280 Å². The molecule has 0 aliphatic carbocycles. The van der Waals surface area contributed by atoms with E-state index >= 15 is 0 Å². The quantitative estimate of drug-likeness (QED) is 0.0646. The molecule has 2 aromatic carbocycles. The number of aliphatic hydroxyl groups excluding tert-OH is 1. The number of hydrogen-bond donors (Lipinski definition) is 3. The molecule has 47 heavy (non-hydrogen) atoms. The van der Waals surface area contributed by atoms with Crippen LogP contribution in [0.2, 0.25) is 0 Å². The lowest BCUT2D eigenvalue weighted by molar-refractivity contribution is -0.142. The zero-order valence-electron chi connectivity index (χ0n) is 27.7. The third-order valence-electron chi connectivity index (χ3n) is 9.10. The van der Waals surface area contributed by atoms with Gasteiger partial charge in [0.05, 0.1) is 23.8 Å². The molecule has 4 atom stereocenters. The van der Waals surface area contributed by atoms with Crippen LogP contribution >= 0.6 is 11.3 Å². The molecule has 1 aliphatic heterocycles. The first kappa shape index (κ1) is 35.5. The summed E-state index contributed by atoms with van der Waals surface area (Å²) in [5.74, 6) is -0.313. The molecule has 0 spiro atoms. The van der Waals surface area contributed by atoms with Gasteiger partial charge in [-0.2, -0.15) is 0 Å². The minimum atomic E-state index is -0.876. The maximum Gasteiger partial charge on any atom is 0.246 e. The lowest BCUT2D eigenvalue weighted by Gasteiger charge is -2.35. The van der Waals surface area contributed by atoms with Crippen LogP contribution in [0.1, 0.15) is 44.1 Å². The average Bonchev–Trinajstić information content (AvgIpc) is 3.71. The van der Waals surface area contributed by atoms with Crippen LogP contribution in [0.4, 0.5) is 0 Å². The number of hydrogen-bond acceptors (Lipinski definition) is 8. The van der Waals surface area contributed by atoms with Crippen LogP contribution in [-0.4, -0.2) is 71.6 Å². The zero-order valence-corrected chi connectivity index (χ0v) is 28.5. The van der Waals surface area contributed by atoms with Crippen molar-refractivity contribution in [3.8, 4) is 0 Å². The number of aliphatic hydroxyl groups is 1. The van der Waals surface area contributed by atoms with Gasteiger partial charge in [0.25, 0.3) is 0 Å². The van der Waals surface area contributed by atoms with Crippen LogP contribution in [0.15, 0.2) is 88.9 Å². The van der Waals surface area contributed by atoms with Crippen molar-refractivity contribution in [2.45, 2.75) is 64.1 Å². The molecule has 0 saturated carbocycles. The number of nitrogens with one attached hydrogen (secondary N) is 1. The van der Waals surface area contributed by atoms with Crippen LogP contribution in [-0.2, 0) is 27.3 Å². The molecular formula is C35H45N7O4S. The number of rotatable bonds is 15. The Kier molecular flexibility index (Phi) is 11.7. The van der Waals surface area contributed by atoms with Gasteiger partial charge < -0.3 is 30.8 Å². The molecule has 3 unspecified atom stereocenters. The molecule has 1 aromatic heterocycles. The van der Waals surface area contributed by atoms with E-state index in [-0.39, 0.29) is 30.6 Å². The SMILES string of the molecule is CCC(C)(N)C/C=C/C(=O)N(C)[C@H](Cc1ccc2ccccc2c1)C(=O)N(C)C(Cc1cccs1)C1=C(ON=[N+]=[N-])C(C)(CO)CN1. The molecular weight excluding hydrogens is 614 g/mol. The van der Waals surface area contributed by atoms with Gasteiger partial charge in [0.2, 0.25) is 11.8 Å². The highest BCUT2D eigenvalue weighted by Gasteiger charge is 2.44. The highest BCUT2D eigenvalue weighted by molar-refractivity contribution is 7.09. The molecule has 0 radical (unpaired) electrons. The maximum atomic E-state index is 14.7. The summed E-state index contributed by atoms with van der Waals surface area (Å²) in [5.41, 5.74) is 15.5. The Morgan fingerprint density at radius 2 is 1.94 bits per heavy atom. The van der Waals surface area contributed by atoms with Crippen molar-refractivity contribution in [3.63, 3.8) is 0 Å². The molecule has 4 rings (SSSR count). The topological polar surface area (TPSA) is 157 Å². The summed E-state index contributed by atoms with van der Waals surface area (Å²) < 4.78 is 0. The first-order valence-corrected chi connectivity index (χ1v) is 16.6. The predicted octanol–water partition coefficient (Wildman–Crippen LogP) is 5.47. The maximum absolute atomic E-state index is 14.7. The highest BCUT2D eigenvalue weighted by atomic mass is 32.1. The van der Waals surface area contributed by atoms with E-state index in [1.54, 1.807) is 43.3 Å². The van der Waals surface area contributed by atoms with Gasteiger partial charge >= 0.3 is 0 Å². The first-order valence-electron chi connectivity index (χ1n) is 15.7. The van der Waals surface area contributed by atoms with Crippen LogP contribution in [0, 0.1) is 5.41 Å². The molecule has 3 aromatic rings. The third-order valence-corrected chi connectivity index (χ3v) is 10.00. The number of nitrogens with two attached hydrogens (primary N) is 1. The highest BCUT2D eigenvalue weighted by Crippen LogP contribution is 2.37. The number of likely N-dealkylation sites (N-methyl/N-ethyl adjacent to an activating group) is 2. The number of azide groups is 1. The van der Waals surface area contributed by atoms with Crippen LogP contribution in [0.25, 0.3) is 21.2 Å². The molecule has 11 nitrogen and oxygen atoms in total. The van der Waals surface area contributed by atoms with E-state index in [4.69, 9.17) is 16.1 Å². The van der Waals surface area contributed by atoms with E-state index in [2.05, 4.69) is 15.5 Å². The fourth-order valence-electron chi connectivity index (χ4n) is 5.66. The van der Waals surface area contributed by atoms with Crippen molar-refractivity contribution in [3.05, 3.63) is 104 Å². The van der Waals surface area contributed by atoms with E-state index < -0.39 is 23.0 Å². The molecule has 0 saturated heterocycles. The van der Waals surface area contributed by atoms with Crippen molar-refractivity contribution in [1.82, 2.24) is 15.1 Å². The van der Waals surface area contributed by atoms with Crippen molar-refractivity contribution < 1.29 is 19.5 Å². The fraction of sp³-hybridized carbons (Fsp3) is 0.429. The second kappa shape index (κ2) is 15.5. The second-order valence-electron chi connectivity index (χ2n) is 12.8. The summed E-state index contributed by atoms with van der Waals surface area (Å²) in [6.45, 7) is 5.79. The van der Waals surface area contributed by atoms with Crippen LogP contribution in [0.3, 0.4) is 0 Å². The van der Waals surface area contributed by atoms with Crippen LogP contribution < -0.4 is 11.1 Å². The number of nitrogens with zero attached hydrogens (tertiary/aromatic N) is 5. The number of carbonyl (C=O) groups excluding carboxylic acids is 2. The van der Waals surface area contributed by atoms with Gasteiger partial charge in [0.1, 0.15) is 17.1 Å². The average molecular weight is 660 g/mol. The summed E-state index contributed by atoms with van der Waals surface area (Å²) in [7, 11) is 3.35. The van der Waals surface area contributed by atoms with E-state index in [0.29, 0.717) is 25.1 Å². The minimum absolute atomic E-state index is 0.267. The van der Waals surface area contributed by atoms with Gasteiger partial charge in [-0.15, -0.1) is 11.3 Å². The van der Waals surface area contributed by atoms with Crippen molar-refractivity contribution in [2.75, 3.05) is 27.2 Å². The van der Waals surface area contributed by atoms with Crippen molar-refractivity contribution in [1.29, 1.82) is 0 Å². The molecule has 4 N–H and O–H groups in total. The summed E-state index contributed by atoms with van der Waals surface area (Å²) in [6.07, 6.45) is 5.25. The predicted molar refractivity (Wildman–Crippen MR) is 186 cm³/mol. The van der Waals surface area contributed by atoms with Gasteiger partial charge in [-0.25, -0.2) is 0 Å². The Morgan fingerprint density at radius 3 is 2.60 bits per heavy atom. The normalized spacial score (nSPS) is 18.7. The first-order chi connectivity index (χ1) is 22.4. The fourth-order valence-corrected chi connectivity index (χ4v) is 6.40. The smallest absolute Gasteiger partial charge is 0.246 e. The van der Waals surface area contributed by atoms with Gasteiger partial charge in [-0.05, 0) is 66.1 Å². The van der Waals surface area contributed by atoms with Gasteiger partial charge in [0, 0.05) is 48.8 Å². The number of carbonyl (C=O) groups is 2. The van der Waals surface area contributed by atoms with E-state index in [0.717, 1.165) is 27.6 Å². The van der Waals surface area contributed by atoms with Crippen LogP contribution in [0.5, 0.6) is 0 Å². The Balaban J connectivity index is 1.74. The molecule has 2 amide bonds. The van der Waals surface area contributed by atoms with Gasteiger partial charge in [0.15, 0.2) is 0 Å². The van der Waals surface area contributed by atoms with Crippen molar-refractivity contribution in [2.24, 2.45) is 16.4 Å². The van der Waals surface area contributed by atoms with E-state index in [9.17, 15) is 14.7 Å². The Bertz CT molecular complexity index is 1670. The molecule has 12 heteroatoms. The van der Waals surface area contributed by atoms with Gasteiger partial charge in [-0.3, -0.25) is 9.59 Å². The zero-order chi connectivity index (χ0) is 34.2. The van der Waals surface area contributed by atoms with Crippen molar-refractivity contribution >= 4 is 33.9 Å². The second-order valence-corrected chi connectivity index (χ2v) is 13.8. The molecule has 250 valence electrons. The minimum Gasteiger partial charge on any atom is -0.396 e. The Morgan fingerprint density at radius 1 is 1.19 bits per heavy atom. The molecule has 1 aliphatic rings.